The predicted octanol–water partition coefficient (Wildman–Crippen LogP) is 2.28. The van der Waals surface area contributed by atoms with Gasteiger partial charge in [0.2, 0.25) is 0 Å². The molecule has 2 aromatic carbocycles. The third-order valence-electron chi connectivity index (χ3n) is 3.93. The van der Waals surface area contributed by atoms with Crippen molar-refractivity contribution in [3.63, 3.8) is 0 Å². The van der Waals surface area contributed by atoms with Gasteiger partial charge in [0.05, 0.1) is 9.52 Å². The van der Waals surface area contributed by atoms with Crippen LogP contribution in [0.4, 0.5) is 8.78 Å². The highest BCUT2D eigenvalue weighted by Gasteiger charge is 2.16. The standard InChI is InChI=1S/C17H15F2N3OSi/c18-14-5-1-12(2-6-14)17(13-3-7-15(19)8-4-13)24-11-22-16(9-23)20-10-21-22/h1-10,17H,11,24H2. The minimum atomic E-state index is -0.839. The number of halogens is 2. The lowest BCUT2D eigenvalue weighted by atomic mass is 10.0. The van der Waals surface area contributed by atoms with Crippen LogP contribution >= 0.6 is 0 Å². The topological polar surface area (TPSA) is 47.8 Å². The molecule has 0 aliphatic heterocycles. The van der Waals surface area contributed by atoms with Crippen molar-refractivity contribution in [3.05, 3.63) is 83.4 Å². The third-order valence-corrected chi connectivity index (χ3v) is 6.13. The van der Waals surface area contributed by atoms with Gasteiger partial charge in [-0.3, -0.25) is 4.79 Å². The zero-order valence-corrected chi connectivity index (χ0v) is 14.2. The lowest BCUT2D eigenvalue weighted by molar-refractivity contribution is 0.111. The Balaban J connectivity index is 1.88. The molecule has 3 rings (SSSR count). The molecule has 122 valence electrons. The Hall–Kier alpha value is -2.67. The molecule has 1 heterocycles. The second kappa shape index (κ2) is 7.27. The van der Waals surface area contributed by atoms with Crippen molar-refractivity contribution >= 4 is 15.8 Å². The summed E-state index contributed by atoms with van der Waals surface area (Å²) >= 11 is 0. The average molecular weight is 343 g/mol. The minimum absolute atomic E-state index is 0.0647. The summed E-state index contributed by atoms with van der Waals surface area (Å²) in [5.74, 6) is -0.296. The van der Waals surface area contributed by atoms with E-state index in [0.29, 0.717) is 18.3 Å². The number of benzene rings is 2. The number of nitrogens with zero attached hydrogens (tertiary/aromatic N) is 3. The van der Waals surface area contributed by atoms with Crippen LogP contribution in [0.15, 0.2) is 54.9 Å². The number of aldehydes is 1. The first-order chi connectivity index (χ1) is 11.7. The van der Waals surface area contributed by atoms with E-state index in [4.69, 9.17) is 0 Å². The van der Waals surface area contributed by atoms with Crippen molar-refractivity contribution in [3.8, 4) is 0 Å². The first-order valence-electron chi connectivity index (χ1n) is 7.51. The highest BCUT2D eigenvalue weighted by Crippen LogP contribution is 2.24. The molecule has 0 saturated heterocycles. The van der Waals surface area contributed by atoms with Gasteiger partial charge in [0.25, 0.3) is 0 Å². The molecule has 0 N–H and O–H groups in total. The number of rotatable bonds is 6. The molecule has 0 aliphatic rings. The van der Waals surface area contributed by atoms with Crippen molar-refractivity contribution in [2.45, 2.75) is 11.7 Å². The molecule has 0 bridgehead atoms. The first-order valence-corrected chi connectivity index (χ1v) is 9.33. The van der Waals surface area contributed by atoms with Gasteiger partial charge in [-0.05, 0) is 40.9 Å². The van der Waals surface area contributed by atoms with Crippen LogP contribution in [-0.2, 0) is 6.17 Å². The van der Waals surface area contributed by atoms with E-state index in [1.807, 2.05) is 0 Å². The zero-order valence-electron chi connectivity index (χ0n) is 12.8. The fraction of sp³-hybridized carbons (Fsp3) is 0.118. The lowest BCUT2D eigenvalue weighted by Crippen LogP contribution is -2.18. The van der Waals surface area contributed by atoms with Gasteiger partial charge >= 0.3 is 0 Å². The van der Waals surface area contributed by atoms with E-state index < -0.39 is 9.52 Å². The van der Waals surface area contributed by atoms with Crippen molar-refractivity contribution in [2.75, 3.05) is 0 Å². The number of hydrogen-bond acceptors (Lipinski definition) is 3. The minimum Gasteiger partial charge on any atom is -0.294 e. The molecule has 0 radical (unpaired) electrons. The summed E-state index contributed by atoms with van der Waals surface area (Å²) in [6.07, 6.45) is 2.63. The summed E-state index contributed by atoms with van der Waals surface area (Å²) in [4.78, 5) is 14.8. The molecule has 3 aromatic rings. The highest BCUT2D eigenvalue weighted by atomic mass is 28.2. The fourth-order valence-electron chi connectivity index (χ4n) is 2.70. The van der Waals surface area contributed by atoms with E-state index in [2.05, 4.69) is 10.1 Å². The van der Waals surface area contributed by atoms with Crippen LogP contribution in [-0.4, -0.2) is 30.6 Å². The molecule has 0 unspecified atom stereocenters. The summed E-state index contributed by atoms with van der Waals surface area (Å²) in [6, 6.07) is 12.7. The average Bonchev–Trinajstić information content (AvgIpc) is 3.05. The van der Waals surface area contributed by atoms with E-state index >= 15 is 0 Å². The van der Waals surface area contributed by atoms with Crippen LogP contribution in [0.3, 0.4) is 0 Å². The van der Waals surface area contributed by atoms with Crippen molar-refractivity contribution in [2.24, 2.45) is 0 Å². The van der Waals surface area contributed by atoms with Crippen molar-refractivity contribution in [1.29, 1.82) is 0 Å². The Labute approximate surface area is 140 Å². The summed E-state index contributed by atoms with van der Waals surface area (Å²) in [6.45, 7) is 0. The Kier molecular flexibility index (Phi) is 4.90. The number of carbonyl (C=O) groups is 1. The predicted molar refractivity (Wildman–Crippen MR) is 88.6 cm³/mol. The van der Waals surface area contributed by atoms with Crippen LogP contribution < -0.4 is 0 Å². The van der Waals surface area contributed by atoms with Crippen molar-refractivity contribution < 1.29 is 13.6 Å². The van der Waals surface area contributed by atoms with Gasteiger partial charge in [0.15, 0.2) is 12.1 Å². The summed E-state index contributed by atoms with van der Waals surface area (Å²) in [7, 11) is -0.839. The quantitative estimate of drug-likeness (QED) is 0.510. The van der Waals surface area contributed by atoms with E-state index in [1.165, 1.54) is 30.6 Å². The zero-order chi connectivity index (χ0) is 16.9. The smallest absolute Gasteiger partial charge is 0.190 e. The van der Waals surface area contributed by atoms with Gasteiger partial charge < -0.3 is 0 Å². The second-order valence-corrected chi connectivity index (χ2v) is 7.24. The largest absolute Gasteiger partial charge is 0.294 e. The molecule has 0 aliphatic carbocycles. The number of aromatic nitrogens is 3. The van der Waals surface area contributed by atoms with Crippen molar-refractivity contribution in [1.82, 2.24) is 14.8 Å². The van der Waals surface area contributed by atoms with Crippen LogP contribution in [0.2, 0.25) is 0 Å². The Morgan fingerprint density at radius 2 is 1.54 bits per heavy atom. The lowest BCUT2D eigenvalue weighted by Gasteiger charge is -2.18. The molecule has 0 atom stereocenters. The number of hydrogen-bond donors (Lipinski definition) is 0. The van der Waals surface area contributed by atoms with Crippen LogP contribution in [0.5, 0.6) is 0 Å². The summed E-state index contributed by atoms with van der Waals surface area (Å²) in [5, 5.41) is 4.06. The third kappa shape index (κ3) is 3.62. The molecule has 0 amide bonds. The Bertz CT molecular complexity index is 773. The fourth-order valence-corrected chi connectivity index (χ4v) is 4.76. The molecular weight excluding hydrogens is 328 g/mol. The molecular formula is C17H15F2N3OSi. The maximum Gasteiger partial charge on any atom is 0.190 e. The van der Waals surface area contributed by atoms with Crippen LogP contribution in [0.1, 0.15) is 27.3 Å². The van der Waals surface area contributed by atoms with Gasteiger partial charge in [-0.25, -0.2) is 18.4 Å². The summed E-state index contributed by atoms with van der Waals surface area (Å²) in [5.41, 5.74) is 2.01. The van der Waals surface area contributed by atoms with E-state index in [1.54, 1.807) is 28.9 Å². The van der Waals surface area contributed by atoms with Gasteiger partial charge in [0.1, 0.15) is 18.0 Å². The maximum atomic E-state index is 13.2. The number of carbonyl (C=O) groups excluding carboxylic acids is 1. The monoisotopic (exact) mass is 343 g/mol. The summed E-state index contributed by atoms with van der Waals surface area (Å²) < 4.78 is 28.0. The van der Waals surface area contributed by atoms with Crippen LogP contribution in [0.25, 0.3) is 0 Å². The van der Waals surface area contributed by atoms with E-state index in [0.717, 1.165) is 11.1 Å². The van der Waals surface area contributed by atoms with E-state index in [-0.39, 0.29) is 17.2 Å². The Morgan fingerprint density at radius 1 is 1.00 bits per heavy atom. The SMILES string of the molecule is O=Cc1ncnn1C[SiH2]C(c1ccc(F)cc1)c1ccc(F)cc1. The molecule has 7 heteroatoms. The van der Waals surface area contributed by atoms with Gasteiger partial charge in [0, 0.05) is 6.17 Å². The Morgan fingerprint density at radius 3 is 2.04 bits per heavy atom. The van der Waals surface area contributed by atoms with Gasteiger partial charge in [-0.15, -0.1) is 0 Å². The highest BCUT2D eigenvalue weighted by molar-refractivity contribution is 6.37. The van der Waals surface area contributed by atoms with Gasteiger partial charge in [-0.2, -0.15) is 5.10 Å². The molecule has 0 fully saturated rings. The first kappa shape index (κ1) is 16.2. The normalized spacial score (nSPS) is 11.5. The van der Waals surface area contributed by atoms with Gasteiger partial charge in [-0.1, -0.05) is 24.3 Å². The molecule has 0 spiro atoms. The van der Waals surface area contributed by atoms with Crippen LogP contribution in [0, 0.1) is 11.6 Å². The molecule has 1 aromatic heterocycles. The maximum absolute atomic E-state index is 13.2. The molecule has 24 heavy (non-hydrogen) atoms. The second-order valence-electron chi connectivity index (χ2n) is 5.40. The van der Waals surface area contributed by atoms with E-state index in [9.17, 15) is 13.6 Å². The molecule has 4 nitrogen and oxygen atoms in total. The molecule has 0 saturated carbocycles.